The Morgan fingerprint density at radius 1 is 1.05 bits per heavy atom. The van der Waals surface area contributed by atoms with E-state index >= 15 is 0 Å². The molecule has 21 heavy (non-hydrogen) atoms. The lowest BCUT2D eigenvalue weighted by atomic mass is 10.3. The van der Waals surface area contributed by atoms with Gasteiger partial charge in [0.05, 0.1) is 0 Å². The van der Waals surface area contributed by atoms with Crippen molar-refractivity contribution in [1.29, 1.82) is 0 Å². The maximum Gasteiger partial charge on any atom is 0.299 e. The number of benzene rings is 1. The summed E-state index contributed by atoms with van der Waals surface area (Å²) in [5, 5.41) is 10.5. The Balaban J connectivity index is 1.99. The molecule has 0 spiro atoms. The molecule has 0 unspecified atom stereocenters. The van der Waals surface area contributed by atoms with Crippen molar-refractivity contribution in [2.75, 3.05) is 0 Å². The van der Waals surface area contributed by atoms with Crippen LogP contribution in [0, 0.1) is 11.6 Å². The van der Waals surface area contributed by atoms with Gasteiger partial charge in [0.25, 0.3) is 6.43 Å². The lowest BCUT2D eigenvalue weighted by Crippen LogP contribution is -2.01. The molecule has 9 heteroatoms. The van der Waals surface area contributed by atoms with Crippen LogP contribution in [0.4, 0.5) is 17.6 Å². The average Bonchev–Trinajstić information content (AvgIpc) is 2.85. The first-order chi connectivity index (χ1) is 10.0. The van der Waals surface area contributed by atoms with E-state index in [4.69, 9.17) is 4.74 Å². The minimum absolute atomic E-state index is 0.0947. The van der Waals surface area contributed by atoms with E-state index in [1.165, 1.54) is 12.1 Å². The Kier molecular flexibility index (Phi) is 3.16. The van der Waals surface area contributed by atoms with E-state index in [0.717, 1.165) is 16.6 Å². The second-order valence-corrected chi connectivity index (χ2v) is 3.98. The summed E-state index contributed by atoms with van der Waals surface area (Å²) in [5.41, 5.74) is 0.0947. The molecule has 0 aliphatic carbocycles. The van der Waals surface area contributed by atoms with Crippen molar-refractivity contribution in [3.63, 3.8) is 0 Å². The topological polar surface area (TPSA) is 52.3 Å². The Labute approximate surface area is 114 Å². The Morgan fingerprint density at radius 3 is 2.57 bits per heavy atom. The van der Waals surface area contributed by atoms with Gasteiger partial charge in [0.15, 0.2) is 17.2 Å². The minimum atomic E-state index is -2.87. The highest BCUT2D eigenvalue weighted by Gasteiger charge is 2.17. The van der Waals surface area contributed by atoms with Gasteiger partial charge in [-0.1, -0.05) is 0 Å². The summed E-state index contributed by atoms with van der Waals surface area (Å²) >= 11 is 0. The molecule has 108 valence electrons. The molecule has 0 fully saturated rings. The van der Waals surface area contributed by atoms with Gasteiger partial charge in [0, 0.05) is 12.1 Å². The van der Waals surface area contributed by atoms with E-state index in [2.05, 4.69) is 15.3 Å². The second kappa shape index (κ2) is 5.00. The van der Waals surface area contributed by atoms with Crippen LogP contribution >= 0.6 is 0 Å². The van der Waals surface area contributed by atoms with E-state index < -0.39 is 23.9 Å². The fourth-order valence-electron chi connectivity index (χ4n) is 1.65. The molecule has 0 amide bonds. The number of hydrogen-bond donors (Lipinski definition) is 0. The van der Waals surface area contributed by atoms with Gasteiger partial charge in [-0.3, -0.25) is 0 Å². The highest BCUT2D eigenvalue weighted by atomic mass is 19.3. The normalized spacial score (nSPS) is 11.3. The van der Waals surface area contributed by atoms with Gasteiger partial charge in [-0.05, 0) is 18.2 Å². The fourth-order valence-corrected chi connectivity index (χ4v) is 1.65. The molecule has 0 radical (unpaired) electrons. The molecule has 3 rings (SSSR count). The van der Waals surface area contributed by atoms with Crippen LogP contribution < -0.4 is 4.74 Å². The highest BCUT2D eigenvalue weighted by Crippen LogP contribution is 2.24. The number of alkyl halides is 2. The SMILES string of the molecule is Fc1ccc(Oc2ccc3nnc(C(F)F)n3n2)c(F)c1. The van der Waals surface area contributed by atoms with Crippen molar-refractivity contribution in [3.8, 4) is 11.6 Å². The van der Waals surface area contributed by atoms with Gasteiger partial charge in [0.1, 0.15) is 5.82 Å². The summed E-state index contributed by atoms with van der Waals surface area (Å²) < 4.78 is 57.5. The summed E-state index contributed by atoms with van der Waals surface area (Å²) in [6, 6.07) is 5.35. The van der Waals surface area contributed by atoms with Crippen LogP contribution in [0.15, 0.2) is 30.3 Å². The summed E-state index contributed by atoms with van der Waals surface area (Å²) in [7, 11) is 0. The fraction of sp³-hybridized carbons (Fsp3) is 0.0833. The number of rotatable bonds is 3. The van der Waals surface area contributed by atoms with E-state index in [0.29, 0.717) is 6.07 Å². The second-order valence-electron chi connectivity index (χ2n) is 3.98. The van der Waals surface area contributed by atoms with Crippen LogP contribution in [0.3, 0.4) is 0 Å². The minimum Gasteiger partial charge on any atom is -0.434 e. The number of hydrogen-bond acceptors (Lipinski definition) is 4. The molecule has 3 aromatic rings. The highest BCUT2D eigenvalue weighted by molar-refractivity contribution is 5.38. The molecule has 0 saturated heterocycles. The maximum atomic E-state index is 13.5. The standard InChI is InChI=1S/C12H6F4N4O/c13-6-1-2-8(7(14)5-6)21-10-4-3-9-17-18-12(11(15)16)20(9)19-10/h1-5,11H. The van der Waals surface area contributed by atoms with Gasteiger partial charge >= 0.3 is 0 Å². The van der Waals surface area contributed by atoms with Crippen LogP contribution in [0.5, 0.6) is 11.6 Å². The van der Waals surface area contributed by atoms with E-state index in [1.807, 2.05) is 0 Å². The van der Waals surface area contributed by atoms with Crippen LogP contribution in [0.25, 0.3) is 5.65 Å². The predicted octanol–water partition coefficient (Wildman–Crippen LogP) is 3.13. The first-order valence-electron chi connectivity index (χ1n) is 5.68. The van der Waals surface area contributed by atoms with Crippen molar-refractivity contribution in [2.24, 2.45) is 0 Å². The van der Waals surface area contributed by atoms with Gasteiger partial charge in [0.2, 0.25) is 11.7 Å². The zero-order valence-corrected chi connectivity index (χ0v) is 10.2. The molecule has 2 aromatic heterocycles. The van der Waals surface area contributed by atoms with Crippen LogP contribution in [0.1, 0.15) is 12.2 Å². The summed E-state index contributed by atoms with van der Waals surface area (Å²) in [6.07, 6.45) is -2.87. The molecule has 5 nitrogen and oxygen atoms in total. The Hall–Kier alpha value is -2.71. The van der Waals surface area contributed by atoms with Crippen molar-refractivity contribution in [3.05, 3.63) is 47.8 Å². The first-order valence-corrected chi connectivity index (χ1v) is 5.68. The summed E-state index contributed by atoms with van der Waals surface area (Å²) in [5.74, 6) is -2.79. The van der Waals surface area contributed by atoms with Crippen molar-refractivity contribution in [1.82, 2.24) is 19.8 Å². The van der Waals surface area contributed by atoms with Crippen LogP contribution in [-0.4, -0.2) is 19.8 Å². The number of fused-ring (bicyclic) bond motifs is 1. The lowest BCUT2D eigenvalue weighted by molar-refractivity contribution is 0.137. The molecule has 0 saturated carbocycles. The molecular formula is C12H6F4N4O. The third kappa shape index (κ3) is 2.49. The molecule has 0 aliphatic rings. The molecule has 0 aliphatic heterocycles. The molecule has 2 heterocycles. The number of halogens is 4. The largest absolute Gasteiger partial charge is 0.434 e. The average molecular weight is 298 g/mol. The predicted molar refractivity (Wildman–Crippen MR) is 62.2 cm³/mol. The number of ether oxygens (including phenoxy) is 1. The molecule has 0 atom stereocenters. The molecular weight excluding hydrogens is 292 g/mol. The Morgan fingerprint density at radius 2 is 1.86 bits per heavy atom. The van der Waals surface area contributed by atoms with Crippen LogP contribution in [0.2, 0.25) is 0 Å². The zero-order valence-electron chi connectivity index (χ0n) is 10.2. The molecule has 0 bridgehead atoms. The summed E-state index contributed by atoms with van der Waals surface area (Å²) in [6.45, 7) is 0. The molecule has 0 N–H and O–H groups in total. The number of aromatic nitrogens is 4. The Bertz CT molecular complexity index is 805. The van der Waals surface area contributed by atoms with Gasteiger partial charge in [-0.2, -0.15) is 4.52 Å². The van der Waals surface area contributed by atoms with Crippen LogP contribution in [-0.2, 0) is 0 Å². The zero-order chi connectivity index (χ0) is 15.0. The van der Waals surface area contributed by atoms with Crippen molar-refractivity contribution in [2.45, 2.75) is 6.43 Å². The van der Waals surface area contributed by atoms with Crippen molar-refractivity contribution < 1.29 is 22.3 Å². The van der Waals surface area contributed by atoms with Gasteiger partial charge in [-0.15, -0.1) is 15.3 Å². The third-order valence-electron chi connectivity index (χ3n) is 2.57. The first kappa shape index (κ1) is 13.3. The summed E-state index contributed by atoms with van der Waals surface area (Å²) in [4.78, 5) is 0. The quantitative estimate of drug-likeness (QED) is 0.697. The maximum absolute atomic E-state index is 13.5. The van der Waals surface area contributed by atoms with Gasteiger partial charge < -0.3 is 4.74 Å². The molecule has 1 aromatic carbocycles. The van der Waals surface area contributed by atoms with E-state index in [9.17, 15) is 17.6 Å². The monoisotopic (exact) mass is 298 g/mol. The number of nitrogens with zero attached hydrogens (tertiary/aromatic N) is 4. The van der Waals surface area contributed by atoms with Gasteiger partial charge in [-0.25, -0.2) is 17.6 Å². The van der Waals surface area contributed by atoms with E-state index in [1.54, 1.807) is 0 Å². The lowest BCUT2D eigenvalue weighted by Gasteiger charge is -2.06. The van der Waals surface area contributed by atoms with E-state index in [-0.39, 0.29) is 17.3 Å². The van der Waals surface area contributed by atoms with Crippen molar-refractivity contribution >= 4 is 5.65 Å². The smallest absolute Gasteiger partial charge is 0.299 e. The third-order valence-corrected chi connectivity index (χ3v) is 2.57.